The summed E-state index contributed by atoms with van der Waals surface area (Å²) in [6.45, 7) is 1.31. The lowest BCUT2D eigenvalue weighted by atomic mass is 9.92. The smallest absolute Gasteiger partial charge is 0.119 e. The molecule has 1 unspecified atom stereocenters. The number of likely N-dealkylation sites (N-methyl/N-ethyl adjacent to an activating group) is 1. The van der Waals surface area contributed by atoms with Crippen molar-refractivity contribution in [3.63, 3.8) is 0 Å². The van der Waals surface area contributed by atoms with Crippen molar-refractivity contribution >= 4 is 0 Å². The Morgan fingerprint density at radius 2 is 1.94 bits per heavy atom. The predicted molar refractivity (Wildman–Crippen MR) is 73.3 cm³/mol. The Kier molecular flexibility index (Phi) is 5.02. The van der Waals surface area contributed by atoms with E-state index >= 15 is 0 Å². The Labute approximate surface area is 109 Å². The number of rotatable bonds is 6. The number of nitrogens with one attached hydrogen (secondary N) is 1. The molecule has 1 N–H and O–H groups in total. The predicted octanol–water partition coefficient (Wildman–Crippen LogP) is 2.18. The average Bonchev–Trinajstić information content (AvgIpc) is 2.43. The minimum atomic E-state index is 0.242. The van der Waals surface area contributed by atoms with Crippen LogP contribution in [0.15, 0.2) is 18.2 Å². The normalized spacial score (nSPS) is 16.1. The first kappa shape index (κ1) is 13.4. The van der Waals surface area contributed by atoms with Gasteiger partial charge in [-0.1, -0.05) is 6.07 Å². The molecule has 1 aromatic carbocycles. The fourth-order valence-corrected chi connectivity index (χ4v) is 2.41. The summed E-state index contributed by atoms with van der Waals surface area (Å²) in [5.41, 5.74) is 2.96. The van der Waals surface area contributed by atoms with E-state index in [2.05, 4.69) is 23.5 Å². The molecule has 3 nitrogen and oxygen atoms in total. The van der Waals surface area contributed by atoms with E-state index < -0.39 is 0 Å². The molecule has 0 fully saturated rings. The van der Waals surface area contributed by atoms with Gasteiger partial charge in [0.15, 0.2) is 0 Å². The number of ether oxygens (including phenoxy) is 2. The van der Waals surface area contributed by atoms with Crippen LogP contribution in [0.4, 0.5) is 0 Å². The molecule has 0 aromatic heterocycles. The van der Waals surface area contributed by atoms with E-state index in [0.717, 1.165) is 5.75 Å². The molecule has 0 heterocycles. The van der Waals surface area contributed by atoms with Gasteiger partial charge in [0.05, 0.1) is 12.6 Å². The first-order valence-corrected chi connectivity index (χ1v) is 6.74. The number of hydrogen-bond acceptors (Lipinski definition) is 3. The van der Waals surface area contributed by atoms with Crippen LogP contribution in [0.5, 0.6) is 5.75 Å². The van der Waals surface area contributed by atoms with Gasteiger partial charge in [0, 0.05) is 7.11 Å². The van der Waals surface area contributed by atoms with E-state index in [1.165, 1.54) is 36.8 Å². The lowest BCUT2D eigenvalue weighted by Gasteiger charge is -2.19. The first-order valence-electron chi connectivity index (χ1n) is 6.74. The SMILES string of the molecule is CNC(COC)COc1ccc2c(c1)CCCC2. The van der Waals surface area contributed by atoms with Crippen molar-refractivity contribution in [2.45, 2.75) is 31.7 Å². The van der Waals surface area contributed by atoms with Crippen molar-refractivity contribution in [2.75, 3.05) is 27.4 Å². The van der Waals surface area contributed by atoms with Crippen LogP contribution < -0.4 is 10.1 Å². The van der Waals surface area contributed by atoms with Crippen LogP contribution in [0.3, 0.4) is 0 Å². The molecule has 1 aliphatic carbocycles. The van der Waals surface area contributed by atoms with Gasteiger partial charge in [-0.25, -0.2) is 0 Å². The number of benzene rings is 1. The van der Waals surface area contributed by atoms with Crippen molar-refractivity contribution in [3.05, 3.63) is 29.3 Å². The third-order valence-electron chi connectivity index (χ3n) is 3.55. The van der Waals surface area contributed by atoms with Crippen LogP contribution in [-0.4, -0.2) is 33.4 Å². The van der Waals surface area contributed by atoms with Gasteiger partial charge in [-0.3, -0.25) is 0 Å². The summed E-state index contributed by atoms with van der Waals surface area (Å²) in [5.74, 6) is 0.979. The van der Waals surface area contributed by atoms with Crippen LogP contribution in [0.2, 0.25) is 0 Å². The second-order valence-electron chi connectivity index (χ2n) is 4.89. The third-order valence-corrected chi connectivity index (χ3v) is 3.55. The van der Waals surface area contributed by atoms with E-state index in [1.807, 2.05) is 7.05 Å². The van der Waals surface area contributed by atoms with E-state index in [0.29, 0.717) is 13.2 Å². The lowest BCUT2D eigenvalue weighted by Crippen LogP contribution is -2.35. The van der Waals surface area contributed by atoms with Gasteiger partial charge in [-0.05, 0) is 56.0 Å². The molecule has 0 bridgehead atoms. The summed E-state index contributed by atoms with van der Waals surface area (Å²) < 4.78 is 11.0. The minimum absolute atomic E-state index is 0.242. The van der Waals surface area contributed by atoms with Gasteiger partial charge in [-0.15, -0.1) is 0 Å². The molecule has 0 saturated heterocycles. The monoisotopic (exact) mass is 249 g/mol. The van der Waals surface area contributed by atoms with Crippen LogP contribution >= 0.6 is 0 Å². The molecule has 0 radical (unpaired) electrons. The largest absolute Gasteiger partial charge is 0.492 e. The van der Waals surface area contributed by atoms with Crippen LogP contribution in [0.1, 0.15) is 24.0 Å². The van der Waals surface area contributed by atoms with E-state index in [-0.39, 0.29) is 6.04 Å². The van der Waals surface area contributed by atoms with E-state index in [4.69, 9.17) is 9.47 Å². The van der Waals surface area contributed by atoms with Crippen molar-refractivity contribution in [3.8, 4) is 5.75 Å². The molecule has 1 aromatic rings. The van der Waals surface area contributed by atoms with E-state index in [9.17, 15) is 0 Å². The van der Waals surface area contributed by atoms with Gasteiger partial charge < -0.3 is 14.8 Å². The number of fused-ring (bicyclic) bond motifs is 1. The molecule has 0 spiro atoms. The summed E-state index contributed by atoms with van der Waals surface area (Å²) in [7, 11) is 3.64. The van der Waals surface area contributed by atoms with Gasteiger partial charge in [0.1, 0.15) is 12.4 Å². The molecular formula is C15H23NO2. The second-order valence-corrected chi connectivity index (χ2v) is 4.89. The second kappa shape index (κ2) is 6.76. The Balaban J connectivity index is 1.93. The molecule has 18 heavy (non-hydrogen) atoms. The van der Waals surface area contributed by atoms with Crippen molar-refractivity contribution in [1.82, 2.24) is 5.32 Å². The fraction of sp³-hybridized carbons (Fsp3) is 0.600. The van der Waals surface area contributed by atoms with Crippen LogP contribution in [-0.2, 0) is 17.6 Å². The fourth-order valence-electron chi connectivity index (χ4n) is 2.41. The zero-order chi connectivity index (χ0) is 12.8. The molecule has 100 valence electrons. The van der Waals surface area contributed by atoms with Crippen molar-refractivity contribution < 1.29 is 9.47 Å². The minimum Gasteiger partial charge on any atom is -0.492 e. The zero-order valence-electron chi connectivity index (χ0n) is 11.4. The van der Waals surface area contributed by atoms with Crippen molar-refractivity contribution in [1.29, 1.82) is 0 Å². The van der Waals surface area contributed by atoms with E-state index in [1.54, 1.807) is 7.11 Å². The maximum absolute atomic E-state index is 5.84. The van der Waals surface area contributed by atoms with Gasteiger partial charge in [0.25, 0.3) is 0 Å². The average molecular weight is 249 g/mol. The summed E-state index contributed by atoms with van der Waals surface area (Å²) in [5, 5.41) is 3.19. The summed E-state index contributed by atoms with van der Waals surface area (Å²) in [6, 6.07) is 6.75. The highest BCUT2D eigenvalue weighted by molar-refractivity contribution is 5.37. The molecule has 3 heteroatoms. The molecule has 0 saturated carbocycles. The molecular weight excluding hydrogens is 226 g/mol. The Morgan fingerprint density at radius 3 is 2.67 bits per heavy atom. The summed E-state index contributed by atoms with van der Waals surface area (Å²) in [4.78, 5) is 0. The van der Waals surface area contributed by atoms with Crippen molar-refractivity contribution in [2.24, 2.45) is 0 Å². The summed E-state index contributed by atoms with van der Waals surface area (Å²) >= 11 is 0. The number of hydrogen-bond donors (Lipinski definition) is 1. The van der Waals surface area contributed by atoms with Gasteiger partial charge in [0.2, 0.25) is 0 Å². The Hall–Kier alpha value is -1.06. The Morgan fingerprint density at radius 1 is 1.17 bits per heavy atom. The van der Waals surface area contributed by atoms with Crippen LogP contribution in [0, 0.1) is 0 Å². The first-order chi connectivity index (χ1) is 8.83. The quantitative estimate of drug-likeness (QED) is 0.838. The molecule has 1 aliphatic rings. The van der Waals surface area contributed by atoms with Crippen LogP contribution in [0.25, 0.3) is 0 Å². The highest BCUT2D eigenvalue weighted by Crippen LogP contribution is 2.25. The number of aryl methyl sites for hydroxylation is 2. The maximum Gasteiger partial charge on any atom is 0.119 e. The molecule has 2 rings (SSSR count). The molecule has 0 amide bonds. The highest BCUT2D eigenvalue weighted by atomic mass is 16.5. The van der Waals surface area contributed by atoms with Gasteiger partial charge in [-0.2, -0.15) is 0 Å². The Bertz CT molecular complexity index is 379. The topological polar surface area (TPSA) is 30.5 Å². The lowest BCUT2D eigenvalue weighted by molar-refractivity contribution is 0.140. The molecule has 1 atom stereocenters. The summed E-state index contributed by atoms with van der Waals surface area (Å²) in [6.07, 6.45) is 5.04. The molecule has 0 aliphatic heterocycles. The third kappa shape index (κ3) is 3.47. The van der Waals surface area contributed by atoms with Gasteiger partial charge >= 0.3 is 0 Å². The number of methoxy groups -OCH3 is 1. The zero-order valence-corrected chi connectivity index (χ0v) is 11.4. The highest BCUT2D eigenvalue weighted by Gasteiger charge is 2.11. The maximum atomic E-state index is 5.84. The standard InChI is InChI=1S/C15H23NO2/c1-16-14(10-17-2)11-18-15-8-7-12-5-3-4-6-13(12)9-15/h7-9,14,16H,3-6,10-11H2,1-2H3.